The zero-order valence-electron chi connectivity index (χ0n) is 12.8. The van der Waals surface area contributed by atoms with Gasteiger partial charge in [-0.3, -0.25) is 4.98 Å². The van der Waals surface area contributed by atoms with Crippen molar-refractivity contribution in [1.29, 1.82) is 0 Å². The van der Waals surface area contributed by atoms with Crippen LogP contribution in [0.3, 0.4) is 0 Å². The largest absolute Gasteiger partial charge is 0.478 e. The maximum Gasteiger partial charge on any atom is 0.335 e. The third-order valence-electron chi connectivity index (χ3n) is 3.81. The van der Waals surface area contributed by atoms with E-state index < -0.39 is 5.97 Å². The van der Waals surface area contributed by atoms with Crippen LogP contribution < -0.4 is 0 Å². The first-order valence-corrected chi connectivity index (χ1v) is 7.74. The van der Waals surface area contributed by atoms with Crippen LogP contribution in [0.1, 0.15) is 35.3 Å². The third kappa shape index (κ3) is 4.15. The molecule has 1 aliphatic rings. The summed E-state index contributed by atoms with van der Waals surface area (Å²) in [6, 6.07) is 10.7. The number of pyridine rings is 1. The maximum absolute atomic E-state index is 11.1. The van der Waals surface area contributed by atoms with Gasteiger partial charge in [0, 0.05) is 12.8 Å². The highest BCUT2D eigenvalue weighted by atomic mass is 16.7. The second-order valence-electron chi connectivity index (χ2n) is 5.53. The van der Waals surface area contributed by atoms with Crippen LogP contribution in [0.5, 0.6) is 0 Å². The summed E-state index contributed by atoms with van der Waals surface area (Å²) in [4.78, 5) is 15.4. The van der Waals surface area contributed by atoms with Crippen LogP contribution >= 0.6 is 0 Å². The highest BCUT2D eigenvalue weighted by molar-refractivity contribution is 5.89. The van der Waals surface area contributed by atoms with Gasteiger partial charge in [-0.25, -0.2) is 4.79 Å². The molecule has 0 spiro atoms. The van der Waals surface area contributed by atoms with Gasteiger partial charge in [0.05, 0.1) is 17.9 Å². The highest BCUT2D eigenvalue weighted by Crippen LogP contribution is 2.22. The lowest BCUT2D eigenvalue weighted by atomic mass is 10.0. The second kappa shape index (κ2) is 7.35. The maximum atomic E-state index is 11.1. The van der Waals surface area contributed by atoms with E-state index in [4.69, 9.17) is 14.6 Å². The lowest BCUT2D eigenvalue weighted by Crippen LogP contribution is -2.22. The van der Waals surface area contributed by atoms with E-state index in [9.17, 15) is 4.79 Å². The van der Waals surface area contributed by atoms with Crippen molar-refractivity contribution in [2.24, 2.45) is 0 Å². The number of hydrogen-bond donors (Lipinski definition) is 1. The SMILES string of the molecule is O=C(O)c1cccc(-c2ccnc(COC3CCCCO3)c2)c1. The molecule has 1 aromatic carbocycles. The first kappa shape index (κ1) is 15.6. The number of nitrogens with zero attached hydrogens (tertiary/aromatic N) is 1. The molecular weight excluding hydrogens is 294 g/mol. The third-order valence-corrected chi connectivity index (χ3v) is 3.81. The summed E-state index contributed by atoms with van der Waals surface area (Å²) in [6.45, 7) is 1.14. The molecule has 5 nitrogen and oxygen atoms in total. The predicted octanol–water partition coefficient (Wildman–Crippen LogP) is 3.49. The van der Waals surface area contributed by atoms with Crippen molar-refractivity contribution < 1.29 is 19.4 Å². The molecule has 1 aromatic heterocycles. The molecule has 120 valence electrons. The summed E-state index contributed by atoms with van der Waals surface area (Å²) in [5, 5.41) is 9.09. The van der Waals surface area contributed by atoms with Crippen molar-refractivity contribution in [3.05, 3.63) is 53.9 Å². The molecule has 1 fully saturated rings. The average molecular weight is 313 g/mol. The second-order valence-corrected chi connectivity index (χ2v) is 5.53. The van der Waals surface area contributed by atoms with Gasteiger partial charge in [-0.2, -0.15) is 0 Å². The van der Waals surface area contributed by atoms with Crippen LogP contribution in [0.25, 0.3) is 11.1 Å². The zero-order valence-corrected chi connectivity index (χ0v) is 12.8. The van der Waals surface area contributed by atoms with Crippen molar-refractivity contribution in [2.75, 3.05) is 6.61 Å². The molecule has 0 saturated carbocycles. The number of aromatic carboxylic acids is 1. The van der Waals surface area contributed by atoms with Gasteiger partial charge in [-0.1, -0.05) is 12.1 Å². The summed E-state index contributed by atoms with van der Waals surface area (Å²) in [6.07, 6.45) is 4.70. The average Bonchev–Trinajstić information content (AvgIpc) is 2.61. The van der Waals surface area contributed by atoms with Crippen molar-refractivity contribution in [2.45, 2.75) is 32.2 Å². The Kier molecular flexibility index (Phi) is 5.00. The molecule has 2 aromatic rings. The van der Waals surface area contributed by atoms with Gasteiger partial charge in [0.15, 0.2) is 6.29 Å². The van der Waals surface area contributed by atoms with Gasteiger partial charge < -0.3 is 14.6 Å². The molecule has 2 heterocycles. The van der Waals surface area contributed by atoms with E-state index in [-0.39, 0.29) is 11.9 Å². The summed E-state index contributed by atoms with van der Waals surface area (Å²) in [5.74, 6) is -0.932. The van der Waals surface area contributed by atoms with Gasteiger partial charge in [0.2, 0.25) is 0 Å². The van der Waals surface area contributed by atoms with Crippen molar-refractivity contribution in [1.82, 2.24) is 4.98 Å². The fourth-order valence-electron chi connectivity index (χ4n) is 2.59. The first-order chi connectivity index (χ1) is 11.2. The lowest BCUT2D eigenvalue weighted by Gasteiger charge is -2.22. The molecule has 0 radical (unpaired) electrons. The molecule has 5 heteroatoms. The normalized spacial score (nSPS) is 17.8. The summed E-state index contributed by atoms with van der Waals surface area (Å²) in [5.41, 5.74) is 2.85. The van der Waals surface area contributed by atoms with E-state index in [2.05, 4.69) is 4.98 Å². The van der Waals surface area contributed by atoms with Crippen molar-refractivity contribution >= 4 is 5.97 Å². The number of rotatable bonds is 5. The van der Waals surface area contributed by atoms with Gasteiger partial charge >= 0.3 is 5.97 Å². The van der Waals surface area contributed by atoms with Crippen LogP contribution in [-0.4, -0.2) is 29.0 Å². The molecule has 3 rings (SSSR count). The Morgan fingerprint density at radius 2 is 2.13 bits per heavy atom. The minimum absolute atomic E-state index is 0.149. The van der Waals surface area contributed by atoms with Crippen LogP contribution in [0.15, 0.2) is 42.6 Å². The summed E-state index contributed by atoms with van der Waals surface area (Å²) < 4.78 is 11.3. The van der Waals surface area contributed by atoms with E-state index in [1.54, 1.807) is 24.4 Å². The zero-order chi connectivity index (χ0) is 16.1. The Morgan fingerprint density at radius 3 is 2.91 bits per heavy atom. The quantitative estimate of drug-likeness (QED) is 0.915. The van der Waals surface area contributed by atoms with Crippen LogP contribution in [0.4, 0.5) is 0 Å². The lowest BCUT2D eigenvalue weighted by molar-refractivity contribution is -0.169. The molecule has 0 aliphatic carbocycles. The van der Waals surface area contributed by atoms with Gasteiger partial charge in [0.25, 0.3) is 0 Å². The number of carboxylic acid groups (broad SMARTS) is 1. The highest BCUT2D eigenvalue weighted by Gasteiger charge is 2.14. The molecular formula is C18H19NO4. The fourth-order valence-corrected chi connectivity index (χ4v) is 2.59. The number of carbonyl (C=O) groups is 1. The molecule has 23 heavy (non-hydrogen) atoms. The Bertz CT molecular complexity index is 680. The van der Waals surface area contributed by atoms with Crippen LogP contribution in [0, 0.1) is 0 Å². The minimum atomic E-state index is -0.932. The first-order valence-electron chi connectivity index (χ1n) is 7.74. The number of hydrogen-bond acceptors (Lipinski definition) is 4. The molecule has 0 bridgehead atoms. The summed E-state index contributed by atoms with van der Waals surface area (Å²) >= 11 is 0. The molecule has 1 unspecified atom stereocenters. The van der Waals surface area contributed by atoms with E-state index in [0.29, 0.717) is 6.61 Å². The molecule has 1 aliphatic heterocycles. The predicted molar refractivity (Wildman–Crippen MR) is 85.0 cm³/mol. The smallest absolute Gasteiger partial charge is 0.335 e. The number of carboxylic acids is 1. The fraction of sp³-hybridized carbons (Fsp3) is 0.333. The van der Waals surface area contributed by atoms with Gasteiger partial charge in [0.1, 0.15) is 0 Å². The number of ether oxygens (including phenoxy) is 2. The van der Waals surface area contributed by atoms with Crippen molar-refractivity contribution in [3.63, 3.8) is 0 Å². The standard InChI is InChI=1S/C18H19NO4/c20-18(21)15-5-3-4-13(10-15)14-7-8-19-16(11-14)12-23-17-6-1-2-9-22-17/h3-5,7-8,10-11,17H,1-2,6,9,12H2,(H,20,21). The monoisotopic (exact) mass is 313 g/mol. The number of benzene rings is 1. The molecule has 0 amide bonds. The van der Waals surface area contributed by atoms with E-state index in [0.717, 1.165) is 42.7 Å². The molecule has 1 N–H and O–H groups in total. The van der Waals surface area contributed by atoms with Crippen LogP contribution in [0.2, 0.25) is 0 Å². The van der Waals surface area contributed by atoms with E-state index >= 15 is 0 Å². The number of aromatic nitrogens is 1. The van der Waals surface area contributed by atoms with Gasteiger partial charge in [-0.05, 0) is 54.7 Å². The van der Waals surface area contributed by atoms with E-state index in [1.807, 2.05) is 18.2 Å². The molecule has 1 saturated heterocycles. The van der Waals surface area contributed by atoms with Gasteiger partial charge in [-0.15, -0.1) is 0 Å². The van der Waals surface area contributed by atoms with E-state index in [1.165, 1.54) is 0 Å². The Hall–Kier alpha value is -2.24. The summed E-state index contributed by atoms with van der Waals surface area (Å²) in [7, 11) is 0. The topological polar surface area (TPSA) is 68.7 Å². The Labute approximate surface area is 134 Å². The minimum Gasteiger partial charge on any atom is -0.478 e. The van der Waals surface area contributed by atoms with Crippen molar-refractivity contribution in [3.8, 4) is 11.1 Å². The Balaban J connectivity index is 1.71. The molecule has 1 atom stereocenters. The Morgan fingerprint density at radius 1 is 1.26 bits per heavy atom. The van der Waals surface area contributed by atoms with Crippen LogP contribution in [-0.2, 0) is 16.1 Å².